The topological polar surface area (TPSA) is 226 Å². The van der Waals surface area contributed by atoms with Crippen molar-refractivity contribution in [2.24, 2.45) is 0 Å². The number of hydrogen-bond acceptors (Lipinski definition) is 10. The molecule has 0 bridgehead atoms. The third-order valence-corrected chi connectivity index (χ3v) is 8.18. The van der Waals surface area contributed by atoms with Gasteiger partial charge < -0.3 is 34.6 Å². The first-order chi connectivity index (χ1) is 14.5. The minimum absolute atomic E-state index is 0.0575. The van der Waals surface area contributed by atoms with Gasteiger partial charge in [-0.1, -0.05) is 0 Å². The molecule has 3 heterocycles. The fourth-order valence-corrected chi connectivity index (χ4v) is 6.32. The predicted octanol–water partition coefficient (Wildman–Crippen LogP) is 2.22. The molecule has 20 heteroatoms. The summed E-state index contributed by atoms with van der Waals surface area (Å²) in [6.45, 7) is 0.808. The molecule has 0 saturated carbocycles. The largest absolute Gasteiger partial charge is 0.490 e. The van der Waals surface area contributed by atoms with Gasteiger partial charge in [-0.05, 0) is 31.4 Å². The van der Waals surface area contributed by atoms with E-state index in [1.54, 1.807) is 0 Å². The number of rotatable bonds is 8. The number of phosphoric ester groups is 1. The van der Waals surface area contributed by atoms with E-state index >= 15 is 0 Å². The van der Waals surface area contributed by atoms with Crippen molar-refractivity contribution in [3.05, 3.63) is 17.3 Å². The summed E-state index contributed by atoms with van der Waals surface area (Å²) in [6, 6.07) is 0. The number of nitrogens with two attached hydrogens (primary N) is 1. The summed E-state index contributed by atoms with van der Waals surface area (Å²) in [6.07, 6.45) is 0.733. The molecule has 3 rings (SSSR count). The van der Waals surface area contributed by atoms with Gasteiger partial charge in [-0.25, -0.2) is 23.1 Å². The summed E-state index contributed by atoms with van der Waals surface area (Å²) < 4.78 is 67.3. The summed E-state index contributed by atoms with van der Waals surface area (Å²) in [5.41, 5.74) is 4.48. The molecule has 4 atom stereocenters. The van der Waals surface area contributed by atoms with Gasteiger partial charge in [-0.2, -0.15) is 13.6 Å². The van der Waals surface area contributed by atoms with Crippen LogP contribution in [0.5, 0.6) is 0 Å². The molecule has 32 heavy (non-hydrogen) atoms. The molecule has 2 unspecified atom stereocenters. The van der Waals surface area contributed by atoms with Crippen LogP contribution in [-0.2, 0) is 31.6 Å². The zero-order valence-electron chi connectivity index (χ0n) is 15.9. The van der Waals surface area contributed by atoms with Gasteiger partial charge in [0.05, 0.1) is 17.6 Å². The van der Waals surface area contributed by atoms with E-state index in [1.807, 2.05) is 0 Å². The Morgan fingerprint density at radius 3 is 2.56 bits per heavy atom. The smallest absolute Gasteiger partial charge is 0.383 e. The monoisotopic (exact) mass is 540 g/mol. The van der Waals surface area contributed by atoms with Crippen molar-refractivity contribution in [2.45, 2.75) is 31.6 Å². The maximum Gasteiger partial charge on any atom is 0.490 e. The molecule has 6 N–H and O–H groups in total. The van der Waals surface area contributed by atoms with Crippen LogP contribution in [0.25, 0.3) is 11.0 Å². The standard InChI is InChI=1S/C12H17ClFN4O11P3/c1-12(5-26-31(22,23)29-32(24,25)28-30(19,20)21)3-2-7(27-12)18-4-6(14)8-9(15)16-11(13)17-10(8)18/h4,7H,2-3,5H2,1H3,(H,22,23)(H,24,25)(H2,15,16,17)(H2,19,20,21)/t7-,12+/m1/s1. The highest BCUT2D eigenvalue weighted by Gasteiger charge is 2.44. The molecule has 1 fully saturated rings. The maximum absolute atomic E-state index is 14.3. The van der Waals surface area contributed by atoms with Crippen molar-refractivity contribution >= 4 is 51.9 Å². The number of anilines is 1. The second-order valence-electron chi connectivity index (χ2n) is 6.89. The molecule has 1 aliphatic rings. The third kappa shape index (κ3) is 6.11. The van der Waals surface area contributed by atoms with Gasteiger partial charge >= 0.3 is 23.5 Å². The number of ether oxygens (including phenoxy) is 1. The molecule has 0 radical (unpaired) electrons. The van der Waals surface area contributed by atoms with Crippen molar-refractivity contribution in [1.29, 1.82) is 0 Å². The number of nitrogens with zero attached hydrogens (tertiary/aromatic N) is 3. The van der Waals surface area contributed by atoms with E-state index in [0.717, 1.165) is 6.20 Å². The third-order valence-electron chi connectivity index (χ3n) is 4.23. The number of halogens is 2. The van der Waals surface area contributed by atoms with Crippen LogP contribution >= 0.6 is 35.1 Å². The normalized spacial score (nSPS) is 25.7. The zero-order chi connectivity index (χ0) is 24.1. The van der Waals surface area contributed by atoms with E-state index in [2.05, 4.69) is 23.1 Å². The molecule has 1 saturated heterocycles. The Bertz CT molecular complexity index is 1190. The molecule has 2 aromatic heterocycles. The van der Waals surface area contributed by atoms with Gasteiger partial charge in [0.1, 0.15) is 12.0 Å². The summed E-state index contributed by atoms with van der Waals surface area (Å²) in [4.78, 5) is 43.5. The maximum atomic E-state index is 14.3. The molecular formula is C12H17ClFN4O11P3. The van der Waals surface area contributed by atoms with Crippen molar-refractivity contribution in [3.8, 4) is 0 Å². The van der Waals surface area contributed by atoms with E-state index in [4.69, 9.17) is 31.9 Å². The molecule has 0 amide bonds. The van der Waals surface area contributed by atoms with Gasteiger partial charge in [0, 0.05) is 6.20 Å². The van der Waals surface area contributed by atoms with Crippen LogP contribution in [0.3, 0.4) is 0 Å². The van der Waals surface area contributed by atoms with Gasteiger partial charge in [-0.3, -0.25) is 4.52 Å². The summed E-state index contributed by atoms with van der Waals surface area (Å²) in [7, 11) is -16.5. The SMILES string of the molecule is C[C@@]1(COP(=O)(O)OP(=O)(O)OP(=O)(O)O)CC[C@H](n2cc(F)c3c(N)nc(Cl)nc32)O1. The summed E-state index contributed by atoms with van der Waals surface area (Å²) in [5, 5.41) is -0.289. The van der Waals surface area contributed by atoms with Crippen LogP contribution in [0.1, 0.15) is 26.0 Å². The summed E-state index contributed by atoms with van der Waals surface area (Å²) >= 11 is 5.79. The predicted molar refractivity (Wildman–Crippen MR) is 104 cm³/mol. The van der Waals surface area contributed by atoms with Crippen molar-refractivity contribution in [3.63, 3.8) is 0 Å². The molecule has 0 spiro atoms. The quantitative estimate of drug-likeness (QED) is 0.239. The Balaban J connectivity index is 1.71. The molecule has 1 aliphatic heterocycles. The zero-order valence-corrected chi connectivity index (χ0v) is 19.4. The van der Waals surface area contributed by atoms with Crippen LogP contribution in [0.2, 0.25) is 5.28 Å². The Labute approximate surface area is 183 Å². The van der Waals surface area contributed by atoms with Crippen molar-refractivity contribution in [2.75, 3.05) is 12.3 Å². The van der Waals surface area contributed by atoms with Gasteiger partial charge in [0.2, 0.25) is 5.28 Å². The Hall–Kier alpha value is -0.990. The van der Waals surface area contributed by atoms with Crippen LogP contribution in [0, 0.1) is 5.82 Å². The lowest BCUT2D eigenvalue weighted by Crippen LogP contribution is -2.30. The van der Waals surface area contributed by atoms with Gasteiger partial charge in [0.25, 0.3) is 0 Å². The Kier molecular flexibility index (Phi) is 6.93. The van der Waals surface area contributed by atoms with E-state index in [-0.39, 0.29) is 35.0 Å². The number of fused-ring (bicyclic) bond motifs is 1. The molecule has 180 valence electrons. The van der Waals surface area contributed by atoms with Crippen LogP contribution in [-0.4, -0.2) is 46.3 Å². The minimum atomic E-state index is -5.64. The van der Waals surface area contributed by atoms with Crippen LogP contribution < -0.4 is 5.73 Å². The first kappa shape index (κ1) is 25.6. The highest BCUT2D eigenvalue weighted by atomic mass is 35.5. The number of phosphoric acid groups is 3. The summed E-state index contributed by atoms with van der Waals surface area (Å²) in [5.74, 6) is -0.899. The average molecular weight is 541 g/mol. The molecule has 2 aromatic rings. The van der Waals surface area contributed by atoms with Gasteiger partial charge in [-0.15, -0.1) is 0 Å². The molecule has 0 aliphatic carbocycles. The Morgan fingerprint density at radius 1 is 1.28 bits per heavy atom. The first-order valence-electron chi connectivity index (χ1n) is 8.44. The lowest BCUT2D eigenvalue weighted by molar-refractivity contribution is -0.0838. The first-order valence-corrected chi connectivity index (χ1v) is 13.3. The number of nitrogen functional groups attached to an aromatic ring is 1. The van der Waals surface area contributed by atoms with Crippen molar-refractivity contribution < 1.29 is 55.5 Å². The minimum Gasteiger partial charge on any atom is -0.383 e. The van der Waals surface area contributed by atoms with E-state index in [9.17, 15) is 27.9 Å². The lowest BCUT2D eigenvalue weighted by atomic mass is 10.0. The lowest BCUT2D eigenvalue weighted by Gasteiger charge is -2.26. The second-order valence-corrected chi connectivity index (χ2v) is 11.6. The highest BCUT2D eigenvalue weighted by molar-refractivity contribution is 7.66. The fraction of sp³-hybridized carbons (Fsp3) is 0.500. The highest BCUT2D eigenvalue weighted by Crippen LogP contribution is 2.66. The average Bonchev–Trinajstić information content (AvgIpc) is 3.11. The van der Waals surface area contributed by atoms with Crippen molar-refractivity contribution in [1.82, 2.24) is 14.5 Å². The van der Waals surface area contributed by atoms with Gasteiger partial charge in [0.15, 0.2) is 11.5 Å². The number of aromatic nitrogens is 3. The molecule has 0 aromatic carbocycles. The van der Waals surface area contributed by atoms with E-state index in [1.165, 1.54) is 11.5 Å². The Morgan fingerprint density at radius 2 is 1.94 bits per heavy atom. The van der Waals surface area contributed by atoms with E-state index in [0.29, 0.717) is 0 Å². The van der Waals surface area contributed by atoms with Crippen LogP contribution in [0.15, 0.2) is 6.20 Å². The number of hydrogen-bond donors (Lipinski definition) is 5. The molecule has 15 nitrogen and oxygen atoms in total. The molecular weight excluding hydrogens is 524 g/mol. The van der Waals surface area contributed by atoms with Crippen LogP contribution in [0.4, 0.5) is 10.2 Å². The second kappa shape index (κ2) is 8.66. The fourth-order valence-electron chi connectivity index (χ4n) is 3.02. The van der Waals surface area contributed by atoms with E-state index < -0.39 is 47.7 Å².